The number of para-hydroxylation sites is 1. The van der Waals surface area contributed by atoms with Gasteiger partial charge in [0.2, 0.25) is 0 Å². The molecule has 0 bridgehead atoms. The Labute approximate surface area is 202 Å². The molecule has 174 valence electrons. The Bertz CT molecular complexity index is 1380. The van der Waals surface area contributed by atoms with Crippen LogP contribution in [0, 0.1) is 0 Å². The predicted molar refractivity (Wildman–Crippen MR) is 137 cm³/mol. The molecule has 0 saturated carbocycles. The molecule has 0 aliphatic carbocycles. The maximum Gasteiger partial charge on any atom is 0.262 e. The van der Waals surface area contributed by atoms with Crippen LogP contribution in [0.1, 0.15) is 16.8 Å². The second-order valence-corrected chi connectivity index (χ2v) is 9.39. The summed E-state index contributed by atoms with van der Waals surface area (Å²) in [5.41, 5.74) is 1.29. The van der Waals surface area contributed by atoms with Gasteiger partial charge in [0.15, 0.2) is 10.9 Å². The van der Waals surface area contributed by atoms with Crippen molar-refractivity contribution >= 4 is 39.2 Å². The number of ketones is 1. The number of ether oxygens (including phenoxy) is 1. The Morgan fingerprint density at radius 3 is 2.56 bits per heavy atom. The van der Waals surface area contributed by atoms with Crippen molar-refractivity contribution < 1.29 is 9.53 Å². The average molecular weight is 474 g/mol. The summed E-state index contributed by atoms with van der Waals surface area (Å²) in [5.74, 6) is 0.255. The number of fused-ring (bicyclic) bond motifs is 2. The fourth-order valence-electron chi connectivity index (χ4n) is 4.31. The lowest BCUT2D eigenvalue weighted by Crippen LogP contribution is -2.37. The van der Waals surface area contributed by atoms with E-state index in [4.69, 9.17) is 9.72 Å². The van der Waals surface area contributed by atoms with Gasteiger partial charge in [0.25, 0.3) is 5.56 Å². The third-order valence-corrected chi connectivity index (χ3v) is 7.17. The van der Waals surface area contributed by atoms with E-state index in [9.17, 15) is 9.59 Å². The highest BCUT2D eigenvalue weighted by molar-refractivity contribution is 7.99. The zero-order valence-electron chi connectivity index (χ0n) is 19.0. The van der Waals surface area contributed by atoms with Crippen molar-refractivity contribution in [3.05, 3.63) is 82.6 Å². The Balaban J connectivity index is 1.35. The lowest BCUT2D eigenvalue weighted by molar-refractivity contribution is 0.0368. The van der Waals surface area contributed by atoms with Gasteiger partial charge in [-0.2, -0.15) is 0 Å². The molecule has 2 heterocycles. The number of aromatic nitrogens is 2. The number of carbonyl (C=O) groups excluding carboxylic acids is 1. The standard InChI is InChI=1S/C27H27N3O3S/c31-25(22-11-10-20-6-1-2-7-21(20)18-22)19-34-27-28-24-9-4-3-8-23(24)26(32)30(27)13-5-12-29-14-16-33-17-15-29/h1-4,6-11,18H,5,12-17,19H2. The summed E-state index contributed by atoms with van der Waals surface area (Å²) in [6, 6.07) is 21.2. The summed E-state index contributed by atoms with van der Waals surface area (Å²) in [7, 11) is 0. The van der Waals surface area contributed by atoms with Crippen LogP contribution in [0.25, 0.3) is 21.7 Å². The fraction of sp³-hybridized carbons (Fsp3) is 0.296. The Morgan fingerprint density at radius 2 is 1.71 bits per heavy atom. The highest BCUT2D eigenvalue weighted by atomic mass is 32.2. The van der Waals surface area contributed by atoms with Gasteiger partial charge in [-0.25, -0.2) is 4.98 Å². The third kappa shape index (κ3) is 5.06. The van der Waals surface area contributed by atoms with Crippen molar-refractivity contribution in [2.75, 3.05) is 38.6 Å². The van der Waals surface area contributed by atoms with Gasteiger partial charge in [-0.15, -0.1) is 0 Å². The molecule has 1 fully saturated rings. The number of benzene rings is 3. The van der Waals surface area contributed by atoms with Crippen LogP contribution in [0.3, 0.4) is 0 Å². The molecule has 5 rings (SSSR count). The minimum absolute atomic E-state index is 0.0260. The van der Waals surface area contributed by atoms with Crippen molar-refractivity contribution in [1.29, 1.82) is 0 Å². The van der Waals surface area contributed by atoms with E-state index in [0.717, 1.165) is 50.0 Å². The largest absolute Gasteiger partial charge is 0.379 e. The number of nitrogens with zero attached hydrogens (tertiary/aromatic N) is 3. The molecule has 1 saturated heterocycles. The molecule has 0 spiro atoms. The van der Waals surface area contributed by atoms with E-state index in [1.165, 1.54) is 11.8 Å². The first-order valence-electron chi connectivity index (χ1n) is 11.6. The lowest BCUT2D eigenvalue weighted by atomic mass is 10.1. The van der Waals surface area contributed by atoms with Crippen molar-refractivity contribution in [2.24, 2.45) is 0 Å². The molecule has 1 aliphatic heterocycles. The van der Waals surface area contributed by atoms with Crippen LogP contribution in [0.2, 0.25) is 0 Å². The van der Waals surface area contributed by atoms with Gasteiger partial charge in [0.1, 0.15) is 0 Å². The minimum Gasteiger partial charge on any atom is -0.379 e. The summed E-state index contributed by atoms with van der Waals surface area (Å²) >= 11 is 1.34. The second-order valence-electron chi connectivity index (χ2n) is 8.45. The highest BCUT2D eigenvalue weighted by Crippen LogP contribution is 2.21. The summed E-state index contributed by atoms with van der Waals surface area (Å²) in [6.07, 6.45) is 0.839. The number of hydrogen-bond donors (Lipinski definition) is 0. The SMILES string of the molecule is O=C(CSc1nc2ccccc2c(=O)n1CCCN1CCOCC1)c1ccc2ccccc2c1. The maximum absolute atomic E-state index is 13.3. The molecule has 0 atom stereocenters. The van der Waals surface area contributed by atoms with E-state index in [1.54, 1.807) is 4.57 Å². The Kier molecular flexibility index (Phi) is 7.04. The third-order valence-electron chi connectivity index (χ3n) is 6.19. The minimum atomic E-state index is -0.0479. The second kappa shape index (κ2) is 10.5. The van der Waals surface area contributed by atoms with Gasteiger partial charge in [-0.3, -0.25) is 19.1 Å². The van der Waals surface area contributed by atoms with Gasteiger partial charge in [0.05, 0.1) is 29.9 Å². The van der Waals surface area contributed by atoms with E-state index < -0.39 is 0 Å². The number of hydrogen-bond acceptors (Lipinski definition) is 6. The maximum atomic E-state index is 13.3. The van der Waals surface area contributed by atoms with Crippen molar-refractivity contribution in [2.45, 2.75) is 18.1 Å². The number of thioether (sulfide) groups is 1. The lowest BCUT2D eigenvalue weighted by Gasteiger charge is -2.26. The average Bonchev–Trinajstić information content (AvgIpc) is 2.89. The smallest absolute Gasteiger partial charge is 0.262 e. The highest BCUT2D eigenvalue weighted by Gasteiger charge is 2.16. The molecule has 0 amide bonds. The molecule has 0 N–H and O–H groups in total. The van der Waals surface area contributed by atoms with Crippen molar-refractivity contribution in [1.82, 2.24) is 14.5 Å². The van der Waals surface area contributed by atoms with E-state index in [2.05, 4.69) is 4.90 Å². The monoisotopic (exact) mass is 473 g/mol. The Hall–Kier alpha value is -3.00. The topological polar surface area (TPSA) is 64.4 Å². The predicted octanol–water partition coefficient (Wildman–Crippen LogP) is 4.25. The number of carbonyl (C=O) groups is 1. The van der Waals surface area contributed by atoms with Gasteiger partial charge in [0, 0.05) is 31.7 Å². The first-order chi connectivity index (χ1) is 16.7. The van der Waals surface area contributed by atoms with Gasteiger partial charge in [-0.05, 0) is 35.4 Å². The molecule has 1 aliphatic rings. The van der Waals surface area contributed by atoms with Gasteiger partial charge in [-0.1, -0.05) is 60.3 Å². The molecule has 0 radical (unpaired) electrons. The molecular formula is C27H27N3O3S. The zero-order valence-corrected chi connectivity index (χ0v) is 19.8. The van der Waals surface area contributed by atoms with Crippen LogP contribution in [0.4, 0.5) is 0 Å². The molecule has 1 aromatic heterocycles. The molecule has 7 heteroatoms. The van der Waals surface area contributed by atoms with E-state index in [-0.39, 0.29) is 17.1 Å². The van der Waals surface area contributed by atoms with Gasteiger partial charge < -0.3 is 4.74 Å². The summed E-state index contributed by atoms with van der Waals surface area (Å²) < 4.78 is 7.16. The van der Waals surface area contributed by atoms with E-state index in [1.807, 2.05) is 66.7 Å². The normalized spacial score (nSPS) is 14.6. The summed E-state index contributed by atoms with van der Waals surface area (Å²) in [5, 5.41) is 3.36. The molecule has 0 unspecified atom stereocenters. The molecule has 3 aromatic carbocycles. The van der Waals surface area contributed by atoms with Crippen LogP contribution in [0.5, 0.6) is 0 Å². The fourth-order valence-corrected chi connectivity index (χ4v) is 5.23. The quantitative estimate of drug-likeness (QED) is 0.217. The van der Waals surface area contributed by atoms with E-state index in [0.29, 0.717) is 28.2 Å². The number of morpholine rings is 1. The summed E-state index contributed by atoms with van der Waals surface area (Å²) in [6.45, 7) is 4.84. The number of Topliss-reactive ketones (excluding diaryl/α,β-unsaturated/α-hetero) is 1. The molecule has 4 aromatic rings. The molecular weight excluding hydrogens is 446 g/mol. The molecule has 6 nitrogen and oxygen atoms in total. The van der Waals surface area contributed by atoms with Crippen LogP contribution in [0.15, 0.2) is 76.7 Å². The van der Waals surface area contributed by atoms with Crippen LogP contribution >= 0.6 is 11.8 Å². The Morgan fingerprint density at radius 1 is 0.941 bits per heavy atom. The van der Waals surface area contributed by atoms with Crippen molar-refractivity contribution in [3.63, 3.8) is 0 Å². The number of rotatable bonds is 8. The zero-order chi connectivity index (χ0) is 23.3. The van der Waals surface area contributed by atoms with E-state index >= 15 is 0 Å². The first-order valence-corrected chi connectivity index (χ1v) is 12.6. The molecule has 34 heavy (non-hydrogen) atoms. The van der Waals surface area contributed by atoms with Gasteiger partial charge >= 0.3 is 0 Å². The van der Waals surface area contributed by atoms with Crippen LogP contribution in [-0.4, -0.2) is 58.8 Å². The van der Waals surface area contributed by atoms with Crippen LogP contribution < -0.4 is 5.56 Å². The first kappa shape index (κ1) is 22.8. The van der Waals surface area contributed by atoms with Crippen LogP contribution in [-0.2, 0) is 11.3 Å². The van der Waals surface area contributed by atoms with Crippen molar-refractivity contribution in [3.8, 4) is 0 Å². The summed E-state index contributed by atoms with van der Waals surface area (Å²) in [4.78, 5) is 33.4.